The minimum Gasteiger partial charge on any atom is -0.298 e. The van der Waals surface area contributed by atoms with Gasteiger partial charge in [0.2, 0.25) is 5.95 Å². The van der Waals surface area contributed by atoms with Gasteiger partial charge in [0.05, 0.1) is 12.3 Å². The lowest BCUT2D eigenvalue weighted by molar-refractivity contribution is -0.115. The molecule has 0 fully saturated rings. The van der Waals surface area contributed by atoms with Crippen molar-refractivity contribution < 1.29 is 4.79 Å². The van der Waals surface area contributed by atoms with Crippen LogP contribution < -0.4 is 16.3 Å². The number of carbonyl (C=O) groups is 1. The van der Waals surface area contributed by atoms with Crippen LogP contribution in [0.2, 0.25) is 0 Å². The van der Waals surface area contributed by atoms with Gasteiger partial charge in [-0.1, -0.05) is 0 Å². The lowest BCUT2D eigenvalue weighted by Crippen LogP contribution is -2.38. The smallest absolute Gasteiger partial charge is 0.298 e. The first-order valence-electron chi connectivity index (χ1n) is 6.78. The predicted molar refractivity (Wildman–Crippen MR) is 81.4 cm³/mol. The fourth-order valence-electron chi connectivity index (χ4n) is 2.61. The average Bonchev–Trinajstić information content (AvgIpc) is 2.81. The largest absolute Gasteiger partial charge is 0.332 e. The molecule has 9 heteroatoms. The van der Waals surface area contributed by atoms with E-state index in [0.717, 1.165) is 10.3 Å². The third-order valence-electron chi connectivity index (χ3n) is 3.61. The molecule has 0 unspecified atom stereocenters. The van der Waals surface area contributed by atoms with E-state index in [1.54, 1.807) is 11.6 Å². The summed E-state index contributed by atoms with van der Waals surface area (Å²) in [5, 5.41) is 5.78. The summed E-state index contributed by atoms with van der Waals surface area (Å²) < 4.78 is 4.07. The van der Waals surface area contributed by atoms with Gasteiger partial charge < -0.3 is 0 Å². The number of imidazole rings is 1. The van der Waals surface area contributed by atoms with E-state index in [2.05, 4.69) is 10.1 Å². The van der Waals surface area contributed by atoms with Crippen molar-refractivity contribution in [3.8, 4) is 0 Å². The summed E-state index contributed by atoms with van der Waals surface area (Å²) in [6.45, 7) is 3.73. The van der Waals surface area contributed by atoms with Gasteiger partial charge >= 0.3 is 5.69 Å². The summed E-state index contributed by atoms with van der Waals surface area (Å²) in [4.78, 5) is 40.2. The zero-order chi connectivity index (χ0) is 16.2. The molecule has 0 atom stereocenters. The van der Waals surface area contributed by atoms with Gasteiger partial charge in [-0.05, 0) is 13.8 Å². The normalized spacial score (nSPS) is 14.2. The highest BCUT2D eigenvalue weighted by atomic mass is 16.2. The Morgan fingerprint density at radius 1 is 1.23 bits per heavy atom. The molecule has 116 valence electrons. The first-order valence-corrected chi connectivity index (χ1v) is 6.78. The number of fused-ring (bicyclic) bond motifs is 3. The van der Waals surface area contributed by atoms with E-state index in [4.69, 9.17) is 0 Å². The Morgan fingerprint density at radius 3 is 2.55 bits per heavy atom. The fraction of sp³-hybridized carbons (Fsp3) is 0.462. The van der Waals surface area contributed by atoms with Gasteiger partial charge in [-0.25, -0.2) is 9.80 Å². The number of hydrogen-bond donors (Lipinski definition) is 0. The molecule has 0 aliphatic carbocycles. The Kier molecular flexibility index (Phi) is 3.01. The number of ketones is 1. The molecule has 0 N–H and O–H groups in total. The lowest BCUT2D eigenvalue weighted by atomic mass is 10.3. The van der Waals surface area contributed by atoms with Crippen LogP contribution in [0.3, 0.4) is 0 Å². The number of aryl methyl sites for hydroxylation is 1. The molecule has 9 nitrogen and oxygen atoms in total. The molecule has 2 aromatic rings. The summed E-state index contributed by atoms with van der Waals surface area (Å²) >= 11 is 0. The maximum absolute atomic E-state index is 12.4. The Bertz CT molecular complexity index is 945. The number of Topliss-reactive ketones (excluding diaryl/α,β-unsaturated/α-hetero) is 1. The molecule has 22 heavy (non-hydrogen) atoms. The monoisotopic (exact) mass is 304 g/mol. The number of carbonyl (C=O) groups excluding carboxylic acids is 1. The molecule has 0 bridgehead atoms. The Balaban J connectivity index is 2.37. The van der Waals surface area contributed by atoms with Gasteiger partial charge in [0.15, 0.2) is 16.9 Å². The number of hydrogen-bond acceptors (Lipinski definition) is 6. The number of nitrogens with zero attached hydrogens (tertiary/aromatic N) is 6. The number of hydrazone groups is 1. The summed E-state index contributed by atoms with van der Waals surface area (Å²) in [5.74, 6) is 0.327. The standard InChI is InChI=1S/C13H16N6O3/c1-7-5-18-9-10(16(3)13(22)17(4)11(9)21)14-12(18)19(15-7)6-8(2)20/h5-6H2,1-4H3. The number of anilines is 1. The zero-order valence-electron chi connectivity index (χ0n) is 12.8. The molecule has 0 saturated heterocycles. The predicted octanol–water partition coefficient (Wildman–Crippen LogP) is -0.781. The van der Waals surface area contributed by atoms with Gasteiger partial charge in [-0.2, -0.15) is 10.1 Å². The van der Waals surface area contributed by atoms with Crippen LogP contribution in [0.5, 0.6) is 0 Å². The topological polar surface area (TPSA) is 94.5 Å². The molecule has 2 aromatic heterocycles. The lowest BCUT2D eigenvalue weighted by Gasteiger charge is -2.23. The number of rotatable bonds is 2. The van der Waals surface area contributed by atoms with Gasteiger partial charge in [0.25, 0.3) is 5.56 Å². The zero-order valence-corrected chi connectivity index (χ0v) is 12.8. The van der Waals surface area contributed by atoms with Crippen molar-refractivity contribution in [2.75, 3.05) is 11.6 Å². The molecule has 1 aliphatic heterocycles. The van der Waals surface area contributed by atoms with E-state index < -0.39 is 11.2 Å². The minimum absolute atomic E-state index is 0.0644. The van der Waals surface area contributed by atoms with E-state index in [9.17, 15) is 14.4 Å². The highest BCUT2D eigenvalue weighted by molar-refractivity contribution is 5.89. The molecule has 0 amide bonds. The van der Waals surface area contributed by atoms with Crippen molar-refractivity contribution in [3.05, 3.63) is 20.8 Å². The van der Waals surface area contributed by atoms with E-state index in [0.29, 0.717) is 23.7 Å². The van der Waals surface area contributed by atoms with Crippen LogP contribution >= 0.6 is 0 Å². The van der Waals surface area contributed by atoms with Crippen LogP contribution in [0, 0.1) is 0 Å². The van der Waals surface area contributed by atoms with Crippen LogP contribution in [-0.4, -0.2) is 36.7 Å². The second kappa shape index (κ2) is 4.65. The molecular weight excluding hydrogens is 288 g/mol. The molecule has 3 heterocycles. The molecular formula is C13H16N6O3. The Hall–Kier alpha value is -2.71. The van der Waals surface area contributed by atoms with Gasteiger partial charge in [-0.15, -0.1) is 0 Å². The summed E-state index contributed by atoms with van der Waals surface area (Å²) in [6, 6.07) is 0. The highest BCUT2D eigenvalue weighted by Gasteiger charge is 2.26. The third kappa shape index (κ3) is 1.89. The van der Waals surface area contributed by atoms with Crippen LogP contribution in [0.1, 0.15) is 13.8 Å². The van der Waals surface area contributed by atoms with Gasteiger partial charge in [0.1, 0.15) is 6.54 Å². The highest BCUT2D eigenvalue weighted by Crippen LogP contribution is 2.23. The van der Waals surface area contributed by atoms with E-state index in [1.165, 1.54) is 23.5 Å². The Morgan fingerprint density at radius 2 is 1.91 bits per heavy atom. The quantitative estimate of drug-likeness (QED) is 0.725. The molecule has 0 aromatic carbocycles. The van der Waals surface area contributed by atoms with Crippen molar-refractivity contribution in [1.29, 1.82) is 0 Å². The van der Waals surface area contributed by atoms with E-state index >= 15 is 0 Å². The fourth-order valence-corrected chi connectivity index (χ4v) is 2.61. The van der Waals surface area contributed by atoms with Crippen LogP contribution in [0.25, 0.3) is 11.2 Å². The maximum atomic E-state index is 12.4. The SMILES string of the molecule is CC(=O)CN1N=C(C)Cn2c1nc1c2c(=O)n(C)c(=O)n1C. The second-order valence-electron chi connectivity index (χ2n) is 5.47. The second-order valence-corrected chi connectivity index (χ2v) is 5.47. The van der Waals surface area contributed by atoms with Crippen LogP contribution in [0.4, 0.5) is 5.95 Å². The van der Waals surface area contributed by atoms with Crippen molar-refractivity contribution in [2.45, 2.75) is 20.4 Å². The molecule has 1 aliphatic rings. The summed E-state index contributed by atoms with van der Waals surface area (Å²) in [7, 11) is 2.99. The van der Waals surface area contributed by atoms with E-state index in [1.807, 2.05) is 6.92 Å². The molecule has 0 spiro atoms. The molecule has 0 saturated carbocycles. The average molecular weight is 304 g/mol. The number of aromatic nitrogens is 4. The van der Waals surface area contributed by atoms with E-state index in [-0.39, 0.29) is 12.3 Å². The minimum atomic E-state index is -0.441. The van der Waals surface area contributed by atoms with Crippen molar-refractivity contribution in [3.63, 3.8) is 0 Å². The molecule has 3 rings (SSSR count). The maximum Gasteiger partial charge on any atom is 0.332 e. The van der Waals surface area contributed by atoms with Crippen LogP contribution in [0.15, 0.2) is 14.7 Å². The van der Waals surface area contributed by atoms with Gasteiger partial charge in [0, 0.05) is 14.1 Å². The summed E-state index contributed by atoms with van der Waals surface area (Å²) in [5.41, 5.74) is 0.533. The Labute approximate surface area is 125 Å². The first-order chi connectivity index (χ1) is 10.3. The van der Waals surface area contributed by atoms with Gasteiger partial charge in [-0.3, -0.25) is 23.3 Å². The molecule has 0 radical (unpaired) electrons. The summed E-state index contributed by atoms with van der Waals surface area (Å²) in [6.07, 6.45) is 0. The first kappa shape index (κ1) is 14.2. The van der Waals surface area contributed by atoms with Crippen LogP contribution in [-0.2, 0) is 25.4 Å². The third-order valence-corrected chi connectivity index (χ3v) is 3.61. The van der Waals surface area contributed by atoms with Crippen molar-refractivity contribution >= 4 is 28.6 Å². The van der Waals surface area contributed by atoms with Crippen molar-refractivity contribution in [2.24, 2.45) is 19.2 Å². The van der Waals surface area contributed by atoms with Crippen molar-refractivity contribution in [1.82, 2.24) is 18.7 Å².